The highest BCUT2D eigenvalue weighted by Gasteiger charge is 2.17. The first-order chi connectivity index (χ1) is 8.61. The summed E-state index contributed by atoms with van der Waals surface area (Å²) in [6.07, 6.45) is 0. The second-order valence-corrected chi connectivity index (χ2v) is 4.27. The number of halogens is 1. The van der Waals surface area contributed by atoms with E-state index in [0.717, 1.165) is 11.5 Å². The number of rotatable bonds is 3. The van der Waals surface area contributed by atoms with Crippen LogP contribution in [0.3, 0.4) is 0 Å². The molecule has 1 heterocycles. The van der Waals surface area contributed by atoms with Gasteiger partial charge in [-0.25, -0.2) is 4.39 Å². The van der Waals surface area contributed by atoms with Crippen molar-refractivity contribution in [3.8, 4) is 0 Å². The van der Waals surface area contributed by atoms with E-state index < -0.39 is 17.3 Å². The minimum Gasteiger partial charge on any atom is -0.355 e. The van der Waals surface area contributed by atoms with E-state index in [1.54, 1.807) is 6.07 Å². The van der Waals surface area contributed by atoms with Crippen LogP contribution in [0, 0.1) is 5.82 Å². The molecule has 2 aromatic rings. The van der Waals surface area contributed by atoms with Gasteiger partial charge in [-0.1, -0.05) is 6.07 Å². The van der Waals surface area contributed by atoms with Crippen molar-refractivity contribution in [3.05, 3.63) is 46.0 Å². The van der Waals surface area contributed by atoms with E-state index in [0.29, 0.717) is 10.7 Å². The molecule has 7 heteroatoms. The van der Waals surface area contributed by atoms with Crippen molar-refractivity contribution in [1.82, 2.24) is 9.69 Å². The molecule has 1 aromatic heterocycles. The normalized spacial score (nSPS) is 10.1. The van der Waals surface area contributed by atoms with Crippen LogP contribution >= 0.6 is 11.5 Å². The number of nitrogens with one attached hydrogen (secondary N) is 3. The van der Waals surface area contributed by atoms with Gasteiger partial charge in [0.25, 0.3) is 11.5 Å². The molecule has 0 fully saturated rings. The summed E-state index contributed by atoms with van der Waals surface area (Å²) < 4.78 is 15.5. The van der Waals surface area contributed by atoms with E-state index in [9.17, 15) is 14.0 Å². The lowest BCUT2D eigenvalue weighted by Gasteiger charge is -2.05. The first kappa shape index (κ1) is 12.3. The number of aromatic nitrogens is 1. The predicted octanol–water partition coefficient (Wildman–Crippen LogP) is 1.68. The molecule has 2 rings (SSSR count). The van der Waals surface area contributed by atoms with Crippen LogP contribution in [0.25, 0.3) is 0 Å². The first-order valence-corrected chi connectivity index (χ1v) is 5.89. The molecule has 0 radical (unpaired) electrons. The Bertz CT molecular complexity index is 635. The molecule has 0 atom stereocenters. The Balaban J connectivity index is 2.35. The SMILES string of the molecule is CNC(=O)c1c(Nc2cccc(F)c2)s[nH]c1=O. The van der Waals surface area contributed by atoms with Gasteiger partial charge in [0, 0.05) is 12.7 Å². The van der Waals surface area contributed by atoms with Crippen LogP contribution < -0.4 is 16.2 Å². The fourth-order valence-corrected chi connectivity index (χ4v) is 2.17. The summed E-state index contributed by atoms with van der Waals surface area (Å²) >= 11 is 0.989. The van der Waals surface area contributed by atoms with Gasteiger partial charge in [-0.15, -0.1) is 0 Å². The minimum absolute atomic E-state index is 0.00763. The highest BCUT2D eigenvalue weighted by molar-refractivity contribution is 7.10. The van der Waals surface area contributed by atoms with E-state index in [4.69, 9.17) is 0 Å². The summed E-state index contributed by atoms with van der Waals surface area (Å²) in [5, 5.41) is 5.57. The van der Waals surface area contributed by atoms with Gasteiger partial charge in [-0.05, 0) is 29.7 Å². The van der Waals surface area contributed by atoms with Gasteiger partial charge < -0.3 is 10.6 Å². The first-order valence-electron chi connectivity index (χ1n) is 5.08. The quantitative estimate of drug-likeness (QED) is 0.792. The third kappa shape index (κ3) is 2.40. The van der Waals surface area contributed by atoms with Crippen LogP contribution in [0.2, 0.25) is 0 Å². The highest BCUT2D eigenvalue weighted by atomic mass is 32.1. The predicted molar refractivity (Wildman–Crippen MR) is 68.0 cm³/mol. The van der Waals surface area contributed by atoms with Gasteiger partial charge in [0.05, 0.1) is 0 Å². The van der Waals surface area contributed by atoms with Crippen LogP contribution in [0.5, 0.6) is 0 Å². The summed E-state index contributed by atoms with van der Waals surface area (Å²) in [6.45, 7) is 0. The third-order valence-corrected chi connectivity index (χ3v) is 3.03. The molecule has 0 aliphatic heterocycles. The average Bonchev–Trinajstić information content (AvgIpc) is 2.70. The van der Waals surface area contributed by atoms with Crippen LogP contribution in [-0.4, -0.2) is 17.3 Å². The van der Waals surface area contributed by atoms with Gasteiger partial charge in [0.2, 0.25) is 0 Å². The van der Waals surface area contributed by atoms with E-state index in [-0.39, 0.29) is 5.56 Å². The largest absolute Gasteiger partial charge is 0.355 e. The molecule has 0 saturated carbocycles. The summed E-state index contributed by atoms with van der Waals surface area (Å²) in [5.74, 6) is -0.888. The van der Waals surface area contributed by atoms with Crippen LogP contribution in [-0.2, 0) is 0 Å². The molecule has 1 amide bonds. The zero-order valence-corrected chi connectivity index (χ0v) is 10.2. The molecular weight excluding hydrogens is 257 g/mol. The van der Waals surface area contributed by atoms with Gasteiger partial charge >= 0.3 is 0 Å². The summed E-state index contributed by atoms with van der Waals surface area (Å²) in [4.78, 5) is 23.0. The van der Waals surface area contributed by atoms with Crippen molar-refractivity contribution in [2.45, 2.75) is 0 Å². The van der Waals surface area contributed by atoms with Crippen molar-refractivity contribution in [3.63, 3.8) is 0 Å². The minimum atomic E-state index is -0.489. The Hall–Kier alpha value is -2.15. The number of anilines is 2. The van der Waals surface area contributed by atoms with Gasteiger partial charge in [0.15, 0.2) is 0 Å². The van der Waals surface area contributed by atoms with E-state index >= 15 is 0 Å². The van der Waals surface area contributed by atoms with Crippen LogP contribution in [0.4, 0.5) is 15.1 Å². The average molecular weight is 267 g/mol. The highest BCUT2D eigenvalue weighted by Crippen LogP contribution is 2.22. The maximum absolute atomic E-state index is 13.0. The maximum Gasteiger partial charge on any atom is 0.273 e. The van der Waals surface area contributed by atoms with E-state index in [1.165, 1.54) is 25.2 Å². The maximum atomic E-state index is 13.0. The Morgan fingerprint density at radius 1 is 1.44 bits per heavy atom. The smallest absolute Gasteiger partial charge is 0.273 e. The molecule has 0 aliphatic carbocycles. The lowest BCUT2D eigenvalue weighted by atomic mass is 10.3. The molecule has 0 saturated heterocycles. The molecule has 94 valence electrons. The lowest BCUT2D eigenvalue weighted by Crippen LogP contribution is -2.24. The number of carbonyl (C=O) groups is 1. The Morgan fingerprint density at radius 3 is 2.89 bits per heavy atom. The lowest BCUT2D eigenvalue weighted by molar-refractivity contribution is 0.0963. The van der Waals surface area contributed by atoms with Crippen molar-refractivity contribution < 1.29 is 9.18 Å². The van der Waals surface area contributed by atoms with E-state index in [1.807, 2.05) is 0 Å². The zero-order chi connectivity index (χ0) is 13.1. The molecule has 3 N–H and O–H groups in total. The van der Waals surface area contributed by atoms with Crippen molar-refractivity contribution >= 4 is 28.1 Å². The molecule has 5 nitrogen and oxygen atoms in total. The molecule has 0 spiro atoms. The summed E-state index contributed by atoms with van der Waals surface area (Å²) in [6, 6.07) is 5.76. The van der Waals surface area contributed by atoms with Gasteiger partial charge in [0.1, 0.15) is 16.4 Å². The molecular formula is C11H10FN3O2S. The zero-order valence-electron chi connectivity index (χ0n) is 9.41. The second kappa shape index (κ2) is 5.01. The molecule has 0 bridgehead atoms. The summed E-state index contributed by atoms with van der Waals surface area (Å²) in [5.41, 5.74) is -0.0135. The number of amides is 1. The number of H-pyrrole nitrogens is 1. The number of hydrogen-bond acceptors (Lipinski definition) is 4. The Labute approximate surface area is 106 Å². The van der Waals surface area contributed by atoms with Crippen LogP contribution in [0.15, 0.2) is 29.1 Å². The molecule has 18 heavy (non-hydrogen) atoms. The fourth-order valence-electron chi connectivity index (χ4n) is 1.42. The Kier molecular flexibility index (Phi) is 3.42. The van der Waals surface area contributed by atoms with Crippen molar-refractivity contribution in [2.24, 2.45) is 0 Å². The molecule has 1 aromatic carbocycles. The number of benzene rings is 1. The number of carbonyl (C=O) groups excluding carboxylic acids is 1. The topological polar surface area (TPSA) is 74.0 Å². The Morgan fingerprint density at radius 2 is 2.22 bits per heavy atom. The van der Waals surface area contributed by atoms with Crippen molar-refractivity contribution in [1.29, 1.82) is 0 Å². The molecule has 0 unspecified atom stereocenters. The van der Waals surface area contributed by atoms with E-state index in [2.05, 4.69) is 15.0 Å². The van der Waals surface area contributed by atoms with Crippen molar-refractivity contribution in [2.75, 3.05) is 12.4 Å². The third-order valence-electron chi connectivity index (χ3n) is 2.24. The summed E-state index contributed by atoms with van der Waals surface area (Å²) in [7, 11) is 1.44. The second-order valence-electron chi connectivity index (χ2n) is 3.45. The van der Waals surface area contributed by atoms with Crippen LogP contribution in [0.1, 0.15) is 10.4 Å². The fraction of sp³-hybridized carbons (Fsp3) is 0.0909. The van der Waals surface area contributed by atoms with Gasteiger partial charge in [-0.2, -0.15) is 0 Å². The molecule has 0 aliphatic rings. The van der Waals surface area contributed by atoms with Gasteiger partial charge in [-0.3, -0.25) is 14.0 Å². The monoisotopic (exact) mass is 267 g/mol. The number of aromatic amines is 1. The standard InChI is InChI=1S/C11H10FN3O2S/c1-13-9(16)8-10(17)15-18-11(8)14-7-4-2-3-6(12)5-7/h2-5,14H,1H3,(H,13,16)(H,15,17). The number of hydrogen-bond donors (Lipinski definition) is 3.